The van der Waals surface area contributed by atoms with Crippen LogP contribution >= 0.6 is 0 Å². The van der Waals surface area contributed by atoms with Crippen LogP contribution in [-0.2, 0) is 4.79 Å². The number of nitrogens with two attached hydrogens (primary N) is 2. The van der Waals surface area contributed by atoms with Crippen molar-refractivity contribution >= 4 is 11.5 Å². The predicted molar refractivity (Wildman–Crippen MR) is 48.5 cm³/mol. The molecule has 4 N–H and O–H groups in total. The third-order valence-electron chi connectivity index (χ3n) is 1.71. The number of carbonyl (C=O) groups excluding carboxylic acids is 1. The van der Waals surface area contributed by atoms with Crippen molar-refractivity contribution in [3.63, 3.8) is 0 Å². The number of carbonyl (C=O) groups is 1. The Kier molecular flexibility index (Phi) is 2.45. The van der Waals surface area contributed by atoms with Gasteiger partial charge < -0.3 is 11.5 Å². The fourth-order valence-corrected chi connectivity index (χ4v) is 0.987. The third-order valence-corrected chi connectivity index (χ3v) is 1.71. The second-order valence-corrected chi connectivity index (χ2v) is 2.76. The summed E-state index contributed by atoms with van der Waals surface area (Å²) >= 11 is 0. The molecule has 0 saturated carbocycles. The summed E-state index contributed by atoms with van der Waals surface area (Å²) in [5.74, 6) is -0.0550. The van der Waals surface area contributed by atoms with E-state index in [9.17, 15) is 4.79 Å². The Bertz CT molecular complexity index is 296. The summed E-state index contributed by atoms with van der Waals surface area (Å²) in [5, 5.41) is 0. The molecular formula is C9H12N2O. The van der Waals surface area contributed by atoms with Crippen molar-refractivity contribution in [1.82, 2.24) is 0 Å². The molecule has 1 aromatic rings. The van der Waals surface area contributed by atoms with Crippen LogP contribution in [0.4, 0.5) is 5.69 Å². The quantitative estimate of drug-likeness (QED) is 0.637. The highest BCUT2D eigenvalue weighted by atomic mass is 16.1. The van der Waals surface area contributed by atoms with E-state index >= 15 is 0 Å². The molecule has 3 nitrogen and oxygen atoms in total. The topological polar surface area (TPSA) is 69.1 Å². The van der Waals surface area contributed by atoms with Gasteiger partial charge in [-0.1, -0.05) is 12.1 Å². The summed E-state index contributed by atoms with van der Waals surface area (Å²) < 4.78 is 0. The first-order valence-electron chi connectivity index (χ1n) is 3.72. The molecule has 0 aliphatic heterocycles. The minimum Gasteiger partial charge on any atom is -0.399 e. The molecule has 0 radical (unpaired) electrons. The summed E-state index contributed by atoms with van der Waals surface area (Å²) in [7, 11) is 0. The van der Waals surface area contributed by atoms with Crippen LogP contribution in [0.3, 0.4) is 0 Å². The Morgan fingerprint density at radius 3 is 2.67 bits per heavy atom. The molecule has 0 saturated heterocycles. The highest BCUT2D eigenvalue weighted by molar-refractivity contribution is 5.82. The van der Waals surface area contributed by atoms with E-state index in [1.54, 1.807) is 24.3 Å². The lowest BCUT2D eigenvalue weighted by atomic mass is 10.0. The van der Waals surface area contributed by atoms with E-state index in [2.05, 4.69) is 0 Å². The average molecular weight is 164 g/mol. The maximum atomic E-state index is 10.9. The van der Waals surface area contributed by atoms with Crippen molar-refractivity contribution < 1.29 is 4.79 Å². The van der Waals surface area contributed by atoms with Crippen molar-refractivity contribution in [3.05, 3.63) is 29.8 Å². The van der Waals surface area contributed by atoms with Crippen molar-refractivity contribution in [3.8, 4) is 0 Å². The SMILES string of the molecule is CC(=O)C(N)c1cccc(N)c1. The zero-order chi connectivity index (χ0) is 9.14. The number of rotatable bonds is 2. The van der Waals surface area contributed by atoms with Crippen LogP contribution in [0.1, 0.15) is 18.5 Å². The minimum absolute atomic E-state index is 0.0550. The van der Waals surface area contributed by atoms with Gasteiger partial charge in [-0.3, -0.25) is 4.79 Å². The monoisotopic (exact) mass is 164 g/mol. The Morgan fingerprint density at radius 2 is 2.17 bits per heavy atom. The molecule has 1 rings (SSSR count). The first kappa shape index (κ1) is 8.74. The maximum Gasteiger partial charge on any atom is 0.150 e. The Labute approximate surface area is 71.4 Å². The largest absolute Gasteiger partial charge is 0.399 e. The van der Waals surface area contributed by atoms with E-state index in [0.717, 1.165) is 5.56 Å². The minimum atomic E-state index is -0.548. The van der Waals surface area contributed by atoms with Gasteiger partial charge in [0.2, 0.25) is 0 Å². The van der Waals surface area contributed by atoms with Crippen molar-refractivity contribution in [1.29, 1.82) is 0 Å². The van der Waals surface area contributed by atoms with E-state index in [4.69, 9.17) is 11.5 Å². The van der Waals surface area contributed by atoms with E-state index in [1.807, 2.05) is 0 Å². The molecule has 12 heavy (non-hydrogen) atoms. The summed E-state index contributed by atoms with van der Waals surface area (Å²) in [4.78, 5) is 10.9. The van der Waals surface area contributed by atoms with Gasteiger partial charge in [-0.15, -0.1) is 0 Å². The maximum absolute atomic E-state index is 10.9. The molecule has 3 heteroatoms. The van der Waals surface area contributed by atoms with Gasteiger partial charge in [0.25, 0.3) is 0 Å². The highest BCUT2D eigenvalue weighted by Crippen LogP contribution is 2.13. The molecule has 0 aromatic heterocycles. The lowest BCUT2D eigenvalue weighted by molar-refractivity contribution is -0.118. The van der Waals surface area contributed by atoms with Crippen LogP contribution in [0.15, 0.2) is 24.3 Å². The molecule has 0 aliphatic carbocycles. The Balaban J connectivity index is 2.95. The number of hydrogen-bond donors (Lipinski definition) is 2. The zero-order valence-corrected chi connectivity index (χ0v) is 6.95. The van der Waals surface area contributed by atoms with Crippen molar-refractivity contribution in [2.45, 2.75) is 13.0 Å². The van der Waals surface area contributed by atoms with Crippen LogP contribution in [0.2, 0.25) is 0 Å². The number of benzene rings is 1. The zero-order valence-electron chi connectivity index (χ0n) is 6.95. The average Bonchev–Trinajstić information content (AvgIpc) is 2.03. The second kappa shape index (κ2) is 3.36. The van der Waals surface area contributed by atoms with Gasteiger partial charge in [0, 0.05) is 5.69 Å². The first-order chi connectivity index (χ1) is 5.61. The summed E-state index contributed by atoms with van der Waals surface area (Å²) in [5.41, 5.74) is 12.5. The molecule has 0 amide bonds. The molecule has 0 aliphatic rings. The van der Waals surface area contributed by atoms with Crippen molar-refractivity contribution in [2.75, 3.05) is 5.73 Å². The molecule has 1 atom stereocenters. The van der Waals surface area contributed by atoms with Gasteiger partial charge in [0.05, 0.1) is 6.04 Å². The standard InChI is InChI=1S/C9H12N2O/c1-6(12)9(11)7-3-2-4-8(10)5-7/h2-5,9H,10-11H2,1H3. The van der Waals surface area contributed by atoms with E-state index < -0.39 is 6.04 Å². The predicted octanol–water partition coefficient (Wildman–Crippen LogP) is 0.858. The normalized spacial score (nSPS) is 12.5. The van der Waals surface area contributed by atoms with Gasteiger partial charge in [-0.25, -0.2) is 0 Å². The number of Topliss-reactive ketones (excluding diaryl/α,β-unsaturated/α-hetero) is 1. The number of hydrogen-bond acceptors (Lipinski definition) is 3. The van der Waals surface area contributed by atoms with E-state index in [-0.39, 0.29) is 5.78 Å². The highest BCUT2D eigenvalue weighted by Gasteiger charge is 2.09. The number of anilines is 1. The lowest BCUT2D eigenvalue weighted by Gasteiger charge is -2.07. The summed E-state index contributed by atoms with van der Waals surface area (Å²) in [6.07, 6.45) is 0. The summed E-state index contributed by atoms with van der Waals surface area (Å²) in [6.45, 7) is 1.47. The second-order valence-electron chi connectivity index (χ2n) is 2.76. The van der Waals surface area contributed by atoms with Crippen LogP contribution in [-0.4, -0.2) is 5.78 Å². The molecular weight excluding hydrogens is 152 g/mol. The Morgan fingerprint density at radius 1 is 1.50 bits per heavy atom. The Hall–Kier alpha value is -1.35. The smallest absolute Gasteiger partial charge is 0.150 e. The van der Waals surface area contributed by atoms with Crippen molar-refractivity contribution in [2.24, 2.45) is 5.73 Å². The third kappa shape index (κ3) is 1.83. The first-order valence-corrected chi connectivity index (χ1v) is 3.72. The fourth-order valence-electron chi connectivity index (χ4n) is 0.987. The van der Waals surface area contributed by atoms with E-state index in [0.29, 0.717) is 5.69 Å². The van der Waals surface area contributed by atoms with Gasteiger partial charge in [-0.05, 0) is 24.6 Å². The fraction of sp³-hybridized carbons (Fsp3) is 0.222. The number of ketones is 1. The van der Waals surface area contributed by atoms with Crippen LogP contribution < -0.4 is 11.5 Å². The van der Waals surface area contributed by atoms with Crippen LogP contribution in [0.25, 0.3) is 0 Å². The lowest BCUT2D eigenvalue weighted by Crippen LogP contribution is -2.18. The van der Waals surface area contributed by atoms with Gasteiger partial charge in [-0.2, -0.15) is 0 Å². The summed E-state index contributed by atoms with van der Waals surface area (Å²) in [6, 6.07) is 6.51. The molecule has 0 bridgehead atoms. The molecule has 0 spiro atoms. The molecule has 1 unspecified atom stereocenters. The van der Waals surface area contributed by atoms with Gasteiger partial charge >= 0.3 is 0 Å². The van der Waals surface area contributed by atoms with E-state index in [1.165, 1.54) is 6.92 Å². The molecule has 1 aromatic carbocycles. The molecule has 64 valence electrons. The van der Waals surface area contributed by atoms with Crippen LogP contribution in [0, 0.1) is 0 Å². The molecule has 0 heterocycles. The number of nitrogen functional groups attached to an aromatic ring is 1. The van der Waals surface area contributed by atoms with Gasteiger partial charge in [0.1, 0.15) is 0 Å². The molecule has 0 fully saturated rings. The van der Waals surface area contributed by atoms with Gasteiger partial charge in [0.15, 0.2) is 5.78 Å². The van der Waals surface area contributed by atoms with Crippen LogP contribution in [0.5, 0.6) is 0 Å².